The number of hydrogen-bond donors (Lipinski definition) is 0. The summed E-state index contributed by atoms with van der Waals surface area (Å²) in [4.78, 5) is 0. The van der Waals surface area contributed by atoms with E-state index >= 15 is 0 Å². The molecule has 0 aliphatic heterocycles. The quantitative estimate of drug-likeness (QED) is 0.555. The molecule has 0 nitrogen and oxygen atoms in total. The summed E-state index contributed by atoms with van der Waals surface area (Å²) in [7, 11) is 0. The Labute approximate surface area is 110 Å². The van der Waals surface area contributed by atoms with Crippen LogP contribution in [0, 0.1) is 0 Å². The van der Waals surface area contributed by atoms with E-state index in [1.54, 1.807) is 0 Å². The van der Waals surface area contributed by atoms with E-state index in [4.69, 9.17) is 0 Å². The van der Waals surface area contributed by atoms with Gasteiger partial charge >= 0.3 is 30.1 Å². The van der Waals surface area contributed by atoms with Crippen LogP contribution in [0.4, 0.5) is 52.7 Å². The van der Waals surface area contributed by atoms with Crippen molar-refractivity contribution in [1.29, 1.82) is 0 Å². The van der Waals surface area contributed by atoms with Crippen molar-refractivity contribution in [3.05, 3.63) is 0 Å². The summed E-state index contributed by atoms with van der Waals surface area (Å²) in [5.74, 6) is -32.1. The average molecular weight is 344 g/mol. The molecule has 0 fully saturated rings. The zero-order chi connectivity index (χ0) is 17.5. The Morgan fingerprint density at radius 3 is 1.38 bits per heavy atom. The van der Waals surface area contributed by atoms with Crippen LogP contribution in [-0.2, 0) is 0 Å². The third-order valence-corrected chi connectivity index (χ3v) is 2.54. The van der Waals surface area contributed by atoms with Crippen molar-refractivity contribution in [3.63, 3.8) is 0 Å². The number of halogens is 12. The maximum Gasteiger partial charge on any atom is 0.384 e. The molecular weight excluding hydrogens is 336 g/mol. The zero-order valence-electron chi connectivity index (χ0n) is 10.0. The van der Waals surface area contributed by atoms with Crippen LogP contribution < -0.4 is 0 Å². The first-order valence-electron chi connectivity index (χ1n) is 5.13. The molecule has 21 heavy (non-hydrogen) atoms. The molecule has 0 N–H and O–H groups in total. The van der Waals surface area contributed by atoms with Crippen molar-refractivity contribution in [2.24, 2.45) is 0 Å². The van der Waals surface area contributed by atoms with Gasteiger partial charge in [0.05, 0.1) is 6.42 Å². The molecule has 0 aliphatic rings. The highest BCUT2D eigenvalue weighted by molar-refractivity contribution is 5.05. The molecule has 0 radical (unpaired) electrons. The highest BCUT2D eigenvalue weighted by Gasteiger charge is 2.83. The Morgan fingerprint density at radius 1 is 0.714 bits per heavy atom. The lowest BCUT2D eigenvalue weighted by Gasteiger charge is -2.37. The van der Waals surface area contributed by atoms with E-state index in [9.17, 15) is 52.7 Å². The second-order valence-electron chi connectivity index (χ2n) is 4.16. The minimum atomic E-state index is -7.23. The molecule has 0 saturated heterocycles. The first kappa shape index (κ1) is 20.2. The highest BCUT2D eigenvalue weighted by atomic mass is 19.4. The first-order chi connectivity index (χ1) is 8.96. The molecular formula is C9H8F12. The second-order valence-corrected chi connectivity index (χ2v) is 4.16. The molecule has 0 spiro atoms. The molecule has 0 bridgehead atoms. The molecule has 0 saturated carbocycles. The van der Waals surface area contributed by atoms with E-state index in [0.717, 1.165) is 0 Å². The molecule has 0 atom stereocenters. The van der Waals surface area contributed by atoms with Gasteiger partial charge in [0.1, 0.15) is 0 Å². The minimum Gasteiger partial charge on any atom is -0.207 e. The predicted molar refractivity (Wildman–Crippen MR) is 45.6 cm³/mol. The highest BCUT2D eigenvalue weighted by Crippen LogP contribution is 2.56. The third kappa shape index (κ3) is 3.33. The Hall–Kier alpha value is -0.840. The maximum absolute atomic E-state index is 12.9. The van der Waals surface area contributed by atoms with Crippen molar-refractivity contribution < 1.29 is 52.7 Å². The number of hydrogen-bond acceptors (Lipinski definition) is 0. The van der Waals surface area contributed by atoms with Crippen molar-refractivity contribution in [2.75, 3.05) is 0 Å². The standard InChI is InChI=1S/C9H8F12/c1-2-5(12,13)3-6(14,15)8(18,19)9(20,21)7(16,17)4(10)11/h4H,2-3H2,1H3. The van der Waals surface area contributed by atoms with Gasteiger partial charge in [0.2, 0.25) is 0 Å². The van der Waals surface area contributed by atoms with E-state index in [2.05, 4.69) is 0 Å². The predicted octanol–water partition coefficient (Wildman–Crippen LogP) is 5.23. The van der Waals surface area contributed by atoms with Crippen molar-refractivity contribution >= 4 is 0 Å². The van der Waals surface area contributed by atoms with Crippen molar-refractivity contribution in [3.8, 4) is 0 Å². The Bertz CT molecular complexity index is 358. The summed E-state index contributed by atoms with van der Waals surface area (Å²) in [6.07, 6.45) is -10.1. The van der Waals surface area contributed by atoms with Gasteiger partial charge in [-0.1, -0.05) is 6.92 Å². The molecule has 0 heterocycles. The van der Waals surface area contributed by atoms with Crippen LogP contribution in [-0.4, -0.2) is 36.0 Å². The molecule has 12 heteroatoms. The average Bonchev–Trinajstić information content (AvgIpc) is 2.26. The zero-order valence-corrected chi connectivity index (χ0v) is 10.0. The SMILES string of the molecule is CCC(F)(F)CC(F)(F)C(F)(F)C(F)(F)C(F)(F)C(F)F. The van der Waals surface area contributed by atoms with Crippen molar-refractivity contribution in [1.82, 2.24) is 0 Å². The van der Waals surface area contributed by atoms with Gasteiger partial charge in [-0.25, -0.2) is 17.6 Å². The van der Waals surface area contributed by atoms with Crippen LogP contribution in [0.25, 0.3) is 0 Å². The molecule has 0 aromatic rings. The molecule has 0 aliphatic carbocycles. The van der Waals surface area contributed by atoms with Gasteiger partial charge in [0.25, 0.3) is 5.92 Å². The molecule has 0 amide bonds. The lowest BCUT2D eigenvalue weighted by molar-refractivity contribution is -0.388. The lowest BCUT2D eigenvalue weighted by atomic mass is 9.94. The lowest BCUT2D eigenvalue weighted by Crippen LogP contribution is -2.65. The molecule has 128 valence electrons. The van der Waals surface area contributed by atoms with Gasteiger partial charge in [0.15, 0.2) is 0 Å². The molecule has 0 aromatic carbocycles. The Morgan fingerprint density at radius 2 is 1.10 bits per heavy atom. The van der Waals surface area contributed by atoms with Gasteiger partial charge in [-0.15, -0.1) is 0 Å². The summed E-state index contributed by atoms with van der Waals surface area (Å²) in [5.41, 5.74) is 0. The normalized spacial score (nSPS) is 15.7. The molecule has 0 aromatic heterocycles. The molecule has 0 rings (SSSR count). The van der Waals surface area contributed by atoms with E-state index in [-0.39, 0.29) is 0 Å². The monoisotopic (exact) mass is 344 g/mol. The maximum atomic E-state index is 12.9. The van der Waals surface area contributed by atoms with Gasteiger partial charge < -0.3 is 0 Å². The largest absolute Gasteiger partial charge is 0.384 e. The molecule has 0 unspecified atom stereocenters. The van der Waals surface area contributed by atoms with Crippen LogP contribution in [0.2, 0.25) is 0 Å². The minimum absolute atomic E-state index is 0.542. The first-order valence-corrected chi connectivity index (χ1v) is 5.13. The fraction of sp³-hybridized carbons (Fsp3) is 1.00. The van der Waals surface area contributed by atoms with Crippen molar-refractivity contribution in [2.45, 2.75) is 55.8 Å². The van der Waals surface area contributed by atoms with E-state index < -0.39 is 48.9 Å². The summed E-state index contributed by atoms with van der Waals surface area (Å²) in [5, 5.41) is 0. The summed E-state index contributed by atoms with van der Waals surface area (Å²) >= 11 is 0. The smallest absolute Gasteiger partial charge is 0.207 e. The fourth-order valence-corrected chi connectivity index (χ4v) is 1.14. The topological polar surface area (TPSA) is 0 Å². The van der Waals surface area contributed by atoms with Gasteiger partial charge in [-0.3, -0.25) is 0 Å². The summed E-state index contributed by atoms with van der Waals surface area (Å²) < 4.78 is 150. The van der Waals surface area contributed by atoms with Crippen LogP contribution >= 0.6 is 0 Å². The fourth-order valence-electron chi connectivity index (χ4n) is 1.14. The van der Waals surface area contributed by atoms with E-state index in [0.29, 0.717) is 6.92 Å². The van der Waals surface area contributed by atoms with Crippen LogP contribution in [0.15, 0.2) is 0 Å². The Balaban J connectivity index is 5.74. The summed E-state index contributed by atoms with van der Waals surface area (Å²) in [6, 6.07) is 0. The summed E-state index contributed by atoms with van der Waals surface area (Å²) in [6.45, 7) is 0.542. The van der Waals surface area contributed by atoms with E-state index in [1.165, 1.54) is 0 Å². The number of rotatable bonds is 7. The van der Waals surface area contributed by atoms with Crippen LogP contribution in [0.1, 0.15) is 19.8 Å². The van der Waals surface area contributed by atoms with Crippen LogP contribution in [0.5, 0.6) is 0 Å². The van der Waals surface area contributed by atoms with Gasteiger partial charge in [0, 0.05) is 6.42 Å². The third-order valence-electron chi connectivity index (χ3n) is 2.54. The van der Waals surface area contributed by atoms with E-state index in [1.807, 2.05) is 0 Å². The second kappa shape index (κ2) is 5.41. The van der Waals surface area contributed by atoms with Gasteiger partial charge in [-0.2, -0.15) is 35.1 Å². The Kier molecular flexibility index (Phi) is 5.20. The number of alkyl halides is 12. The van der Waals surface area contributed by atoms with Gasteiger partial charge in [-0.05, 0) is 0 Å². The van der Waals surface area contributed by atoms with Crippen LogP contribution in [0.3, 0.4) is 0 Å².